The van der Waals surface area contributed by atoms with Crippen LogP contribution in [0.4, 0.5) is 0 Å². The van der Waals surface area contributed by atoms with Gasteiger partial charge in [0, 0.05) is 0 Å². The number of allylic oxidation sites excluding steroid dienone is 2. The lowest BCUT2D eigenvalue weighted by Gasteiger charge is -2.61. The molecule has 0 aromatic carbocycles. The predicted molar refractivity (Wildman–Crippen MR) is 112 cm³/mol. The molecule has 0 aromatic heterocycles. The molecule has 0 aromatic rings. The lowest BCUT2D eigenvalue weighted by atomic mass is 9.44. The molecule has 26 heavy (non-hydrogen) atoms. The van der Waals surface area contributed by atoms with Gasteiger partial charge in [0.05, 0.1) is 0 Å². The minimum Gasteiger partial charge on any atom is -0.330 e. The molecule has 0 aliphatic heterocycles. The number of unbranched alkanes of at least 4 members (excludes halogenated alkanes) is 1. The van der Waals surface area contributed by atoms with E-state index < -0.39 is 0 Å². The van der Waals surface area contributed by atoms with Crippen molar-refractivity contribution in [3.8, 4) is 0 Å². The normalized spacial score (nSPS) is 51.1. The van der Waals surface area contributed by atoms with Crippen LogP contribution < -0.4 is 5.73 Å². The summed E-state index contributed by atoms with van der Waals surface area (Å²) in [5.74, 6) is 5.94. The van der Waals surface area contributed by atoms with Gasteiger partial charge in [-0.25, -0.2) is 0 Å². The number of hydrogen-bond donors (Lipinski definition) is 1. The largest absolute Gasteiger partial charge is 0.330 e. The van der Waals surface area contributed by atoms with E-state index in [0.29, 0.717) is 10.8 Å². The molecule has 1 nitrogen and oxygen atoms in total. The van der Waals surface area contributed by atoms with E-state index in [1.165, 1.54) is 57.8 Å². The average Bonchev–Trinajstić information content (AvgIpc) is 2.94. The summed E-state index contributed by atoms with van der Waals surface area (Å²) < 4.78 is 0. The van der Waals surface area contributed by atoms with Crippen molar-refractivity contribution in [3.05, 3.63) is 12.2 Å². The molecule has 4 fully saturated rings. The smallest absolute Gasteiger partial charge is 0.00743 e. The molecule has 4 saturated carbocycles. The van der Waals surface area contributed by atoms with Crippen molar-refractivity contribution in [1.29, 1.82) is 0 Å². The highest BCUT2D eigenvalue weighted by molar-refractivity contribution is 5.09. The Hall–Kier alpha value is -0.300. The molecule has 4 aliphatic rings. The van der Waals surface area contributed by atoms with Crippen LogP contribution in [-0.2, 0) is 0 Å². The van der Waals surface area contributed by atoms with Crippen LogP contribution in [0.2, 0.25) is 0 Å². The van der Waals surface area contributed by atoms with Gasteiger partial charge in [0.2, 0.25) is 0 Å². The highest BCUT2D eigenvalue weighted by atomic mass is 14.6. The first kappa shape index (κ1) is 19.0. The fraction of sp³-hybridized carbons (Fsp3) is 0.920. The van der Waals surface area contributed by atoms with Crippen molar-refractivity contribution in [3.63, 3.8) is 0 Å². The van der Waals surface area contributed by atoms with E-state index in [1.807, 2.05) is 0 Å². The molecule has 0 bridgehead atoms. The molecule has 0 radical (unpaired) electrons. The summed E-state index contributed by atoms with van der Waals surface area (Å²) in [5.41, 5.74) is 6.96. The van der Waals surface area contributed by atoms with E-state index in [1.54, 1.807) is 6.42 Å². The maximum Gasteiger partial charge on any atom is -0.00743 e. The topological polar surface area (TPSA) is 26.0 Å². The number of nitrogens with two attached hydrogens (primary N) is 1. The minimum absolute atomic E-state index is 0.650. The second kappa shape index (κ2) is 7.26. The molecule has 148 valence electrons. The molecule has 0 amide bonds. The fourth-order valence-corrected chi connectivity index (χ4v) is 8.25. The maximum absolute atomic E-state index is 5.64. The maximum atomic E-state index is 5.64. The van der Waals surface area contributed by atoms with E-state index in [4.69, 9.17) is 5.73 Å². The monoisotopic (exact) mass is 357 g/mol. The predicted octanol–water partition coefficient (Wildman–Crippen LogP) is 6.58. The Labute approximate surface area is 162 Å². The van der Waals surface area contributed by atoms with Crippen molar-refractivity contribution in [2.75, 3.05) is 6.54 Å². The van der Waals surface area contributed by atoms with Gasteiger partial charge < -0.3 is 5.73 Å². The molecule has 4 aliphatic carbocycles. The fourth-order valence-electron chi connectivity index (χ4n) is 8.25. The van der Waals surface area contributed by atoms with Gasteiger partial charge in [-0.2, -0.15) is 0 Å². The summed E-state index contributed by atoms with van der Waals surface area (Å²) in [6.45, 7) is 8.75. The first-order valence-corrected chi connectivity index (χ1v) is 11.9. The second-order valence-electron chi connectivity index (χ2n) is 11.1. The number of fused-ring (bicyclic) bond motifs is 5. The molecule has 0 spiro atoms. The molecule has 0 heterocycles. The lowest BCUT2D eigenvalue weighted by molar-refractivity contribution is -0.114. The van der Waals surface area contributed by atoms with E-state index >= 15 is 0 Å². The van der Waals surface area contributed by atoms with Crippen LogP contribution in [0.5, 0.6) is 0 Å². The van der Waals surface area contributed by atoms with Gasteiger partial charge in [-0.1, -0.05) is 32.9 Å². The molecular formula is C25H43N. The second-order valence-corrected chi connectivity index (χ2v) is 11.1. The van der Waals surface area contributed by atoms with Crippen molar-refractivity contribution in [1.82, 2.24) is 0 Å². The first-order chi connectivity index (χ1) is 12.5. The van der Waals surface area contributed by atoms with Crippen LogP contribution in [0.15, 0.2) is 12.2 Å². The zero-order valence-electron chi connectivity index (χ0n) is 17.7. The molecule has 4 unspecified atom stereocenters. The van der Waals surface area contributed by atoms with Crippen LogP contribution in [0.1, 0.15) is 91.4 Å². The van der Waals surface area contributed by atoms with Gasteiger partial charge in [0.15, 0.2) is 0 Å². The Bertz CT molecular complexity index is 524. The zero-order valence-corrected chi connectivity index (χ0v) is 17.7. The molecule has 8 atom stereocenters. The summed E-state index contributed by atoms with van der Waals surface area (Å²) in [5, 5.41) is 0. The molecule has 2 N–H and O–H groups in total. The van der Waals surface area contributed by atoms with E-state index in [2.05, 4.69) is 32.9 Å². The highest BCUT2D eigenvalue weighted by Crippen LogP contribution is 2.67. The van der Waals surface area contributed by atoms with Crippen LogP contribution in [0, 0.1) is 46.3 Å². The summed E-state index contributed by atoms with van der Waals surface area (Å²) >= 11 is 0. The van der Waals surface area contributed by atoms with Crippen molar-refractivity contribution in [2.24, 2.45) is 52.1 Å². The van der Waals surface area contributed by atoms with Crippen molar-refractivity contribution >= 4 is 0 Å². The Morgan fingerprint density at radius 3 is 2.50 bits per heavy atom. The van der Waals surface area contributed by atoms with Crippen molar-refractivity contribution in [2.45, 2.75) is 91.4 Å². The van der Waals surface area contributed by atoms with E-state index in [9.17, 15) is 0 Å². The first-order valence-electron chi connectivity index (χ1n) is 11.9. The van der Waals surface area contributed by atoms with Crippen molar-refractivity contribution < 1.29 is 0 Å². The molecule has 1 heteroatoms. The summed E-state index contributed by atoms with van der Waals surface area (Å²) in [4.78, 5) is 0. The minimum atomic E-state index is 0.650. The van der Waals surface area contributed by atoms with Gasteiger partial charge in [0.25, 0.3) is 0 Å². The van der Waals surface area contributed by atoms with Gasteiger partial charge in [0.1, 0.15) is 0 Å². The summed E-state index contributed by atoms with van der Waals surface area (Å²) in [6, 6.07) is 0. The van der Waals surface area contributed by atoms with E-state index in [0.717, 1.165) is 48.5 Å². The SMILES string of the molecule is C[C@H]1CCC2C3CCC4C[C@H](/C=C/CCCN)CC[C@]4(C)C3CC[C@@]21C. The molecule has 4 rings (SSSR count). The van der Waals surface area contributed by atoms with Gasteiger partial charge >= 0.3 is 0 Å². The van der Waals surface area contributed by atoms with Gasteiger partial charge in [-0.15, -0.1) is 0 Å². The Morgan fingerprint density at radius 1 is 0.923 bits per heavy atom. The highest BCUT2D eigenvalue weighted by Gasteiger charge is 2.59. The Balaban J connectivity index is 1.45. The molecular weight excluding hydrogens is 314 g/mol. The van der Waals surface area contributed by atoms with Crippen LogP contribution in [0.3, 0.4) is 0 Å². The van der Waals surface area contributed by atoms with Gasteiger partial charge in [-0.05, 0) is 124 Å². The number of rotatable bonds is 4. The number of hydrogen-bond acceptors (Lipinski definition) is 1. The van der Waals surface area contributed by atoms with Crippen LogP contribution >= 0.6 is 0 Å². The average molecular weight is 358 g/mol. The van der Waals surface area contributed by atoms with Crippen LogP contribution in [0.25, 0.3) is 0 Å². The van der Waals surface area contributed by atoms with E-state index in [-0.39, 0.29) is 0 Å². The quantitative estimate of drug-likeness (QED) is 0.446. The summed E-state index contributed by atoms with van der Waals surface area (Å²) in [7, 11) is 0. The third-order valence-electron chi connectivity index (χ3n) is 10.2. The summed E-state index contributed by atoms with van der Waals surface area (Å²) in [6.07, 6.45) is 20.9. The third kappa shape index (κ3) is 3.01. The van der Waals surface area contributed by atoms with Gasteiger partial charge in [-0.3, -0.25) is 0 Å². The van der Waals surface area contributed by atoms with Crippen LogP contribution in [-0.4, -0.2) is 6.54 Å². The Morgan fingerprint density at radius 2 is 1.69 bits per heavy atom. The molecule has 0 saturated heterocycles. The Kier molecular flexibility index (Phi) is 5.32. The third-order valence-corrected chi connectivity index (χ3v) is 10.2. The standard InChI is InChI=1S/C25H43N/c1-18-8-11-22-21-10-9-20-17-19(7-5-4-6-16-26)12-14-25(20,3)23(21)13-15-24(18,22)2/h5,7,18-23H,4,6,8-17,26H2,1-3H3/b7-5+/t18-,19+,20?,21?,22?,23?,24+,25-/m0/s1. The zero-order chi connectivity index (χ0) is 18.4. The lowest BCUT2D eigenvalue weighted by Crippen LogP contribution is -2.53.